The van der Waals surface area contributed by atoms with Crippen molar-refractivity contribution in [1.82, 2.24) is 9.38 Å². The highest BCUT2D eigenvalue weighted by Crippen LogP contribution is 2.27. The predicted molar refractivity (Wildman–Crippen MR) is 95.1 cm³/mol. The van der Waals surface area contributed by atoms with Gasteiger partial charge in [0.05, 0.1) is 33.4 Å². The van der Waals surface area contributed by atoms with E-state index in [1.54, 1.807) is 0 Å². The molecule has 0 spiro atoms. The van der Waals surface area contributed by atoms with Crippen LogP contribution in [-0.2, 0) is 11.2 Å². The monoisotopic (exact) mass is 358 g/mol. The van der Waals surface area contributed by atoms with Crippen LogP contribution in [-0.4, -0.2) is 20.2 Å². The van der Waals surface area contributed by atoms with Gasteiger partial charge in [-0.05, 0) is 31.5 Å². The van der Waals surface area contributed by atoms with Gasteiger partial charge in [0.15, 0.2) is 0 Å². The number of amides is 1. The Morgan fingerprint density at radius 1 is 1.36 bits per heavy atom. The number of fused-ring (bicyclic) bond motifs is 1. The van der Waals surface area contributed by atoms with Crippen molar-refractivity contribution in [1.29, 1.82) is 0 Å². The zero-order chi connectivity index (χ0) is 18.1. The van der Waals surface area contributed by atoms with E-state index in [1.807, 2.05) is 36.6 Å². The number of aryl methyl sites for hydroxylation is 2. The third-order valence-corrected chi connectivity index (χ3v) is 4.22. The minimum absolute atomic E-state index is 0.115. The Balaban J connectivity index is 1.83. The van der Waals surface area contributed by atoms with Crippen molar-refractivity contribution >= 4 is 34.5 Å². The Kier molecular flexibility index (Phi) is 4.41. The fourth-order valence-corrected chi connectivity index (χ4v) is 2.87. The summed E-state index contributed by atoms with van der Waals surface area (Å²) in [6, 6.07) is 7.79. The van der Waals surface area contributed by atoms with Crippen LogP contribution < -0.4 is 5.32 Å². The fourth-order valence-electron chi connectivity index (χ4n) is 2.64. The Morgan fingerprint density at radius 2 is 2.12 bits per heavy atom. The van der Waals surface area contributed by atoms with Gasteiger partial charge >= 0.3 is 0 Å². The Labute approximate surface area is 148 Å². The van der Waals surface area contributed by atoms with E-state index in [0.717, 1.165) is 22.6 Å². The number of pyridine rings is 1. The molecule has 1 N–H and O–H groups in total. The molecule has 0 radical (unpaired) electrons. The van der Waals surface area contributed by atoms with E-state index in [0.29, 0.717) is 5.69 Å². The number of hydrogen-bond acceptors (Lipinski definition) is 4. The number of halogens is 1. The average Bonchev–Trinajstić information content (AvgIpc) is 2.87. The number of carbonyl (C=O) groups excluding carboxylic acids is 1. The maximum Gasteiger partial charge on any atom is 0.271 e. The summed E-state index contributed by atoms with van der Waals surface area (Å²) in [6.07, 6.45) is 1.98. The summed E-state index contributed by atoms with van der Waals surface area (Å²) in [5, 5.41) is 13.5. The summed E-state index contributed by atoms with van der Waals surface area (Å²) in [4.78, 5) is 27.1. The number of carbonyl (C=O) groups is 1. The second-order valence-corrected chi connectivity index (χ2v) is 6.08. The van der Waals surface area contributed by atoms with E-state index in [4.69, 9.17) is 11.6 Å². The Hall–Kier alpha value is -2.93. The van der Waals surface area contributed by atoms with E-state index >= 15 is 0 Å². The lowest BCUT2D eigenvalue weighted by Gasteiger charge is -2.08. The molecule has 1 aromatic carbocycles. The number of nitrogens with zero attached hydrogens (tertiary/aromatic N) is 3. The van der Waals surface area contributed by atoms with Crippen molar-refractivity contribution in [2.75, 3.05) is 5.32 Å². The number of anilines is 1. The molecule has 3 rings (SSSR count). The SMILES string of the molecule is Cc1nc2c(C)cccn2c1CC(=O)Nc1ccc([N+](=O)[O-])cc1Cl. The highest BCUT2D eigenvalue weighted by Gasteiger charge is 2.16. The van der Waals surface area contributed by atoms with Crippen LogP contribution >= 0.6 is 11.6 Å². The first kappa shape index (κ1) is 16.9. The topological polar surface area (TPSA) is 89.5 Å². The van der Waals surface area contributed by atoms with Crippen LogP contribution in [0.1, 0.15) is 17.0 Å². The molecule has 0 saturated heterocycles. The first-order valence-electron chi connectivity index (χ1n) is 7.53. The number of nitro groups is 1. The zero-order valence-corrected chi connectivity index (χ0v) is 14.4. The minimum atomic E-state index is -0.540. The largest absolute Gasteiger partial charge is 0.324 e. The van der Waals surface area contributed by atoms with Crippen molar-refractivity contribution in [3.63, 3.8) is 0 Å². The number of imidazole rings is 1. The lowest BCUT2D eigenvalue weighted by Crippen LogP contribution is -2.16. The summed E-state index contributed by atoms with van der Waals surface area (Å²) in [7, 11) is 0. The van der Waals surface area contributed by atoms with Crippen LogP contribution in [0, 0.1) is 24.0 Å². The van der Waals surface area contributed by atoms with Crippen LogP contribution in [0.15, 0.2) is 36.5 Å². The van der Waals surface area contributed by atoms with Crippen LogP contribution in [0.2, 0.25) is 5.02 Å². The number of hydrogen-bond donors (Lipinski definition) is 1. The van der Waals surface area contributed by atoms with Gasteiger partial charge in [-0.15, -0.1) is 0 Å². The van der Waals surface area contributed by atoms with Crippen molar-refractivity contribution in [3.8, 4) is 0 Å². The lowest BCUT2D eigenvalue weighted by molar-refractivity contribution is -0.384. The molecule has 0 aliphatic heterocycles. The second-order valence-electron chi connectivity index (χ2n) is 5.67. The van der Waals surface area contributed by atoms with E-state index < -0.39 is 4.92 Å². The molecule has 0 fully saturated rings. The van der Waals surface area contributed by atoms with E-state index in [-0.39, 0.29) is 23.0 Å². The fraction of sp³-hybridized carbons (Fsp3) is 0.176. The summed E-state index contributed by atoms with van der Waals surface area (Å²) in [5.74, 6) is -0.276. The summed E-state index contributed by atoms with van der Waals surface area (Å²) in [6.45, 7) is 3.82. The van der Waals surface area contributed by atoms with Gasteiger partial charge in [0.1, 0.15) is 5.65 Å². The third-order valence-electron chi connectivity index (χ3n) is 3.91. The molecule has 0 bridgehead atoms. The summed E-state index contributed by atoms with van der Waals surface area (Å²) < 4.78 is 1.89. The molecule has 1 amide bonds. The molecule has 3 aromatic rings. The molecule has 0 aliphatic rings. The molecule has 128 valence electrons. The van der Waals surface area contributed by atoms with Gasteiger partial charge in [-0.1, -0.05) is 17.7 Å². The maximum absolute atomic E-state index is 12.4. The standard InChI is InChI=1S/C17H15ClN4O3/c1-10-4-3-7-21-15(11(2)19-17(10)21)9-16(23)20-14-6-5-12(22(24)25)8-13(14)18/h3-8H,9H2,1-2H3,(H,20,23). The smallest absolute Gasteiger partial charge is 0.271 e. The quantitative estimate of drug-likeness (QED) is 0.569. The van der Waals surface area contributed by atoms with Crippen molar-refractivity contribution in [2.24, 2.45) is 0 Å². The molecular weight excluding hydrogens is 344 g/mol. The molecule has 0 aliphatic carbocycles. The van der Waals surface area contributed by atoms with Crippen molar-refractivity contribution in [2.45, 2.75) is 20.3 Å². The molecule has 0 saturated carbocycles. The van der Waals surface area contributed by atoms with Crippen LogP contribution in [0.25, 0.3) is 5.65 Å². The molecule has 7 nitrogen and oxygen atoms in total. The number of nitro benzene ring substituents is 1. The van der Waals surface area contributed by atoms with Crippen LogP contribution in [0.4, 0.5) is 11.4 Å². The first-order valence-corrected chi connectivity index (χ1v) is 7.91. The number of non-ortho nitro benzene ring substituents is 1. The highest BCUT2D eigenvalue weighted by molar-refractivity contribution is 6.34. The van der Waals surface area contributed by atoms with Gasteiger partial charge in [-0.3, -0.25) is 14.9 Å². The third kappa shape index (κ3) is 3.32. The molecule has 2 heterocycles. The average molecular weight is 359 g/mol. The van der Waals surface area contributed by atoms with Crippen LogP contribution in [0.5, 0.6) is 0 Å². The minimum Gasteiger partial charge on any atom is -0.324 e. The number of rotatable bonds is 4. The van der Waals surface area contributed by atoms with Gasteiger partial charge in [-0.2, -0.15) is 0 Å². The van der Waals surface area contributed by atoms with Gasteiger partial charge in [0.25, 0.3) is 5.69 Å². The predicted octanol–water partition coefficient (Wildman–Crippen LogP) is 3.69. The lowest BCUT2D eigenvalue weighted by atomic mass is 10.2. The van der Waals surface area contributed by atoms with E-state index in [1.165, 1.54) is 18.2 Å². The summed E-state index contributed by atoms with van der Waals surface area (Å²) >= 11 is 6.01. The van der Waals surface area contributed by atoms with E-state index in [9.17, 15) is 14.9 Å². The maximum atomic E-state index is 12.4. The normalized spacial score (nSPS) is 10.8. The number of benzene rings is 1. The van der Waals surface area contributed by atoms with Crippen molar-refractivity contribution in [3.05, 3.63) is 68.6 Å². The van der Waals surface area contributed by atoms with Crippen LogP contribution in [0.3, 0.4) is 0 Å². The molecule has 2 aromatic heterocycles. The molecular formula is C17H15ClN4O3. The van der Waals surface area contributed by atoms with Gasteiger partial charge < -0.3 is 9.72 Å². The molecule has 0 atom stereocenters. The molecule has 8 heteroatoms. The van der Waals surface area contributed by atoms with Gasteiger partial charge in [-0.25, -0.2) is 4.98 Å². The van der Waals surface area contributed by atoms with Crippen molar-refractivity contribution < 1.29 is 9.72 Å². The Bertz CT molecular complexity index is 997. The van der Waals surface area contributed by atoms with Gasteiger partial charge in [0.2, 0.25) is 5.91 Å². The molecule has 0 unspecified atom stereocenters. The van der Waals surface area contributed by atoms with E-state index in [2.05, 4.69) is 10.3 Å². The number of aromatic nitrogens is 2. The second kappa shape index (κ2) is 6.52. The summed E-state index contributed by atoms with van der Waals surface area (Å²) in [5.41, 5.74) is 3.61. The number of nitrogens with one attached hydrogen (secondary N) is 1. The Morgan fingerprint density at radius 3 is 2.80 bits per heavy atom. The first-order chi connectivity index (χ1) is 11.9. The zero-order valence-electron chi connectivity index (χ0n) is 13.6. The molecule has 25 heavy (non-hydrogen) atoms. The van der Waals surface area contributed by atoms with Gasteiger partial charge in [0, 0.05) is 18.3 Å². The highest BCUT2D eigenvalue weighted by atomic mass is 35.5.